The molecule has 4 nitrogen and oxygen atoms in total. The Hall–Kier alpha value is -1.55. The third-order valence-electron chi connectivity index (χ3n) is 3.57. The molecule has 2 rings (SSSR count). The Morgan fingerprint density at radius 3 is 2.79 bits per heavy atom. The van der Waals surface area contributed by atoms with E-state index in [1.165, 1.54) is 25.3 Å². The number of piperidine rings is 1. The van der Waals surface area contributed by atoms with E-state index < -0.39 is 0 Å². The molecule has 0 unspecified atom stereocenters. The fourth-order valence-corrected chi connectivity index (χ4v) is 2.62. The number of nitrogens with one attached hydrogen (secondary N) is 2. The van der Waals surface area contributed by atoms with Crippen LogP contribution in [0.4, 0.5) is 5.69 Å². The lowest BCUT2D eigenvalue weighted by molar-refractivity contribution is -0.114. The van der Waals surface area contributed by atoms with Crippen molar-refractivity contribution in [1.29, 1.82) is 0 Å². The molecule has 1 aromatic rings. The molecule has 1 saturated heterocycles. The van der Waals surface area contributed by atoms with Crippen molar-refractivity contribution in [2.75, 3.05) is 25.5 Å². The van der Waals surface area contributed by atoms with Gasteiger partial charge in [0.25, 0.3) is 0 Å². The average molecular weight is 262 g/mol. The van der Waals surface area contributed by atoms with Crippen LogP contribution in [0, 0.1) is 5.92 Å². The van der Waals surface area contributed by atoms with E-state index in [-0.39, 0.29) is 5.91 Å². The molecule has 0 bridgehead atoms. The second kappa shape index (κ2) is 6.57. The van der Waals surface area contributed by atoms with Crippen LogP contribution in [-0.4, -0.2) is 26.1 Å². The van der Waals surface area contributed by atoms with Crippen LogP contribution in [0.5, 0.6) is 5.75 Å². The molecule has 0 spiro atoms. The van der Waals surface area contributed by atoms with E-state index in [2.05, 4.69) is 10.6 Å². The van der Waals surface area contributed by atoms with E-state index >= 15 is 0 Å². The smallest absolute Gasteiger partial charge is 0.221 e. The number of carbonyl (C=O) groups excluding carboxylic acids is 1. The minimum Gasteiger partial charge on any atom is -0.496 e. The van der Waals surface area contributed by atoms with E-state index in [9.17, 15) is 4.79 Å². The molecule has 4 heteroatoms. The molecule has 1 aliphatic rings. The average Bonchev–Trinajstić information content (AvgIpc) is 2.39. The number of rotatable bonds is 4. The number of ether oxygens (including phenoxy) is 1. The van der Waals surface area contributed by atoms with Crippen LogP contribution in [-0.2, 0) is 11.2 Å². The number of hydrogen-bond acceptors (Lipinski definition) is 3. The zero-order valence-corrected chi connectivity index (χ0v) is 11.7. The SMILES string of the molecule is COc1ccc(NC(C)=O)cc1CC1CCNCC1. The van der Waals surface area contributed by atoms with Gasteiger partial charge in [0.2, 0.25) is 5.91 Å². The van der Waals surface area contributed by atoms with Crippen molar-refractivity contribution >= 4 is 11.6 Å². The molecule has 1 heterocycles. The maximum atomic E-state index is 11.1. The summed E-state index contributed by atoms with van der Waals surface area (Å²) in [4.78, 5) is 11.1. The molecule has 104 valence electrons. The minimum absolute atomic E-state index is 0.0435. The van der Waals surface area contributed by atoms with E-state index in [1.54, 1.807) is 7.11 Å². The summed E-state index contributed by atoms with van der Waals surface area (Å²) >= 11 is 0. The van der Waals surface area contributed by atoms with Crippen molar-refractivity contribution in [3.8, 4) is 5.75 Å². The van der Waals surface area contributed by atoms with E-state index in [1.807, 2.05) is 18.2 Å². The second-order valence-electron chi connectivity index (χ2n) is 5.11. The van der Waals surface area contributed by atoms with E-state index in [0.29, 0.717) is 5.92 Å². The molecule has 0 radical (unpaired) electrons. The topological polar surface area (TPSA) is 50.4 Å². The maximum absolute atomic E-state index is 11.1. The highest BCUT2D eigenvalue weighted by molar-refractivity contribution is 5.88. The van der Waals surface area contributed by atoms with Crippen LogP contribution >= 0.6 is 0 Å². The molecular weight excluding hydrogens is 240 g/mol. The van der Waals surface area contributed by atoms with Gasteiger partial charge in [-0.3, -0.25) is 4.79 Å². The summed E-state index contributed by atoms with van der Waals surface area (Å²) in [5, 5.41) is 6.21. The first kappa shape index (κ1) is 13.9. The Labute approximate surface area is 114 Å². The summed E-state index contributed by atoms with van der Waals surface area (Å²) < 4.78 is 5.42. The first-order chi connectivity index (χ1) is 9.19. The Balaban J connectivity index is 2.12. The van der Waals surface area contributed by atoms with Gasteiger partial charge >= 0.3 is 0 Å². The van der Waals surface area contributed by atoms with Crippen LogP contribution in [0.3, 0.4) is 0 Å². The number of hydrogen-bond donors (Lipinski definition) is 2. The molecule has 0 aliphatic carbocycles. The summed E-state index contributed by atoms with van der Waals surface area (Å²) in [6.45, 7) is 3.72. The van der Waals surface area contributed by atoms with Crippen molar-refractivity contribution < 1.29 is 9.53 Å². The summed E-state index contributed by atoms with van der Waals surface area (Å²) in [5.74, 6) is 1.56. The molecule has 0 saturated carbocycles. The molecule has 2 N–H and O–H groups in total. The maximum Gasteiger partial charge on any atom is 0.221 e. The van der Waals surface area contributed by atoms with Crippen LogP contribution in [0.1, 0.15) is 25.3 Å². The number of benzene rings is 1. The predicted molar refractivity (Wildman–Crippen MR) is 76.6 cm³/mol. The molecule has 0 atom stereocenters. The molecule has 1 fully saturated rings. The number of carbonyl (C=O) groups is 1. The number of anilines is 1. The number of amides is 1. The van der Waals surface area contributed by atoms with Gasteiger partial charge < -0.3 is 15.4 Å². The van der Waals surface area contributed by atoms with Crippen molar-refractivity contribution in [3.05, 3.63) is 23.8 Å². The van der Waals surface area contributed by atoms with Gasteiger partial charge in [-0.25, -0.2) is 0 Å². The van der Waals surface area contributed by atoms with Gasteiger partial charge in [0.05, 0.1) is 7.11 Å². The van der Waals surface area contributed by atoms with Crippen molar-refractivity contribution in [2.45, 2.75) is 26.2 Å². The largest absolute Gasteiger partial charge is 0.496 e. The Morgan fingerprint density at radius 2 is 2.16 bits per heavy atom. The summed E-state index contributed by atoms with van der Waals surface area (Å²) in [7, 11) is 1.69. The Morgan fingerprint density at radius 1 is 1.42 bits per heavy atom. The van der Waals surface area contributed by atoms with Gasteiger partial charge in [-0.15, -0.1) is 0 Å². The highest BCUT2D eigenvalue weighted by Crippen LogP contribution is 2.27. The first-order valence-corrected chi connectivity index (χ1v) is 6.84. The summed E-state index contributed by atoms with van der Waals surface area (Å²) in [6, 6.07) is 5.84. The molecule has 1 amide bonds. The molecule has 1 aliphatic heterocycles. The van der Waals surface area contributed by atoms with Crippen molar-refractivity contribution in [2.24, 2.45) is 5.92 Å². The van der Waals surface area contributed by atoms with E-state index in [4.69, 9.17) is 4.74 Å². The fraction of sp³-hybridized carbons (Fsp3) is 0.533. The van der Waals surface area contributed by atoms with Gasteiger partial charge in [-0.1, -0.05) is 0 Å². The molecule has 1 aromatic carbocycles. The summed E-state index contributed by atoms with van der Waals surface area (Å²) in [6.07, 6.45) is 3.42. The highest BCUT2D eigenvalue weighted by Gasteiger charge is 2.16. The van der Waals surface area contributed by atoms with Gasteiger partial charge in [-0.2, -0.15) is 0 Å². The summed E-state index contributed by atoms with van der Waals surface area (Å²) in [5.41, 5.74) is 2.03. The first-order valence-electron chi connectivity index (χ1n) is 6.84. The lowest BCUT2D eigenvalue weighted by Gasteiger charge is -2.23. The molecule has 19 heavy (non-hydrogen) atoms. The molecule has 0 aromatic heterocycles. The lowest BCUT2D eigenvalue weighted by atomic mass is 9.90. The van der Waals surface area contributed by atoms with Crippen LogP contribution in [0.25, 0.3) is 0 Å². The fourth-order valence-electron chi connectivity index (χ4n) is 2.62. The zero-order valence-electron chi connectivity index (χ0n) is 11.7. The van der Waals surface area contributed by atoms with Gasteiger partial charge in [0, 0.05) is 12.6 Å². The van der Waals surface area contributed by atoms with Crippen LogP contribution in [0.15, 0.2) is 18.2 Å². The zero-order chi connectivity index (χ0) is 13.7. The van der Waals surface area contributed by atoms with Crippen LogP contribution in [0.2, 0.25) is 0 Å². The quantitative estimate of drug-likeness (QED) is 0.874. The number of methoxy groups -OCH3 is 1. The van der Waals surface area contributed by atoms with Gasteiger partial charge in [0.1, 0.15) is 5.75 Å². The van der Waals surface area contributed by atoms with Crippen molar-refractivity contribution in [3.63, 3.8) is 0 Å². The standard InChI is InChI=1S/C15H22N2O2/c1-11(18)17-14-3-4-15(19-2)13(10-14)9-12-5-7-16-8-6-12/h3-4,10,12,16H,5-9H2,1-2H3,(H,17,18). The normalized spacial score (nSPS) is 16.1. The third kappa shape index (κ3) is 3.96. The van der Waals surface area contributed by atoms with Crippen LogP contribution < -0.4 is 15.4 Å². The Kier molecular flexibility index (Phi) is 4.80. The Bertz CT molecular complexity index is 440. The minimum atomic E-state index is -0.0435. The second-order valence-corrected chi connectivity index (χ2v) is 5.11. The van der Waals surface area contributed by atoms with E-state index in [0.717, 1.165) is 30.9 Å². The van der Waals surface area contributed by atoms with Crippen molar-refractivity contribution in [1.82, 2.24) is 5.32 Å². The third-order valence-corrected chi connectivity index (χ3v) is 3.57. The predicted octanol–water partition coefficient (Wildman–Crippen LogP) is 2.20. The van der Waals surface area contributed by atoms with Gasteiger partial charge in [0.15, 0.2) is 0 Å². The highest BCUT2D eigenvalue weighted by atomic mass is 16.5. The van der Waals surface area contributed by atoms with Gasteiger partial charge in [-0.05, 0) is 62.0 Å². The molecular formula is C15H22N2O2. The lowest BCUT2D eigenvalue weighted by Crippen LogP contribution is -2.28. The monoisotopic (exact) mass is 262 g/mol.